The second kappa shape index (κ2) is 8.56. The molecule has 1 amide bonds. The van der Waals surface area contributed by atoms with E-state index in [1.54, 1.807) is 18.2 Å². The number of carbonyl (C=O) groups excluding carboxylic acids is 1. The Morgan fingerprint density at radius 3 is 2.09 bits per heavy atom. The Morgan fingerprint density at radius 1 is 0.909 bits per heavy atom. The molecule has 2 aromatic carbocycles. The third-order valence-electron chi connectivity index (χ3n) is 5.12. The summed E-state index contributed by atoms with van der Waals surface area (Å²) in [6.07, 6.45) is -4.97. The van der Waals surface area contributed by atoms with E-state index in [9.17, 15) is 30.8 Å². The molecule has 1 aliphatic heterocycles. The Balaban J connectivity index is 1.57. The fourth-order valence-electron chi connectivity index (χ4n) is 3.47. The smallest absolute Gasteiger partial charge is 0.335 e. The maximum atomic E-state index is 13.8. The van der Waals surface area contributed by atoms with Crippen LogP contribution in [-0.4, -0.2) is 64.7 Å². The molecule has 8 nitrogen and oxygen atoms in total. The Hall–Kier alpha value is -3.32. The van der Waals surface area contributed by atoms with Crippen molar-refractivity contribution in [2.75, 3.05) is 26.2 Å². The summed E-state index contributed by atoms with van der Waals surface area (Å²) in [5.74, 6) is -1.67. The van der Waals surface area contributed by atoms with Crippen molar-refractivity contribution in [2.45, 2.75) is 11.1 Å². The molecule has 2 heterocycles. The van der Waals surface area contributed by atoms with Crippen LogP contribution in [0.5, 0.6) is 0 Å². The summed E-state index contributed by atoms with van der Waals surface area (Å²) in [6, 6.07) is 11.8. The standard InChI is InChI=1S/C20H17F4N5O3S/c21-14-6-8-15(9-7-14)29-18(20(22,23)24)17(25-26-29)19(30)27-10-12-28(13-11-27)33(31,32)16-4-2-1-3-5-16/h1-9H,10-13H2. The van der Waals surface area contributed by atoms with Gasteiger partial charge < -0.3 is 4.90 Å². The second-order valence-electron chi connectivity index (χ2n) is 7.18. The number of hydrogen-bond acceptors (Lipinski definition) is 5. The lowest BCUT2D eigenvalue weighted by Gasteiger charge is -2.33. The lowest BCUT2D eigenvalue weighted by Crippen LogP contribution is -2.50. The number of halogens is 4. The minimum Gasteiger partial charge on any atom is -0.335 e. The van der Waals surface area contributed by atoms with Crippen LogP contribution in [0.15, 0.2) is 59.5 Å². The predicted octanol–water partition coefficient (Wildman–Crippen LogP) is 2.57. The summed E-state index contributed by atoms with van der Waals surface area (Å²) in [5, 5.41) is 6.91. The van der Waals surface area contributed by atoms with Crippen molar-refractivity contribution >= 4 is 15.9 Å². The highest BCUT2D eigenvalue weighted by atomic mass is 32.2. The van der Waals surface area contributed by atoms with Gasteiger partial charge in [0.05, 0.1) is 10.6 Å². The quantitative estimate of drug-likeness (QED) is 0.533. The largest absolute Gasteiger partial charge is 0.435 e. The lowest BCUT2D eigenvalue weighted by atomic mass is 10.2. The molecule has 0 atom stereocenters. The van der Waals surface area contributed by atoms with E-state index in [0.29, 0.717) is 4.68 Å². The van der Waals surface area contributed by atoms with Crippen LogP contribution in [0.1, 0.15) is 16.2 Å². The van der Waals surface area contributed by atoms with Crippen molar-refractivity contribution in [2.24, 2.45) is 0 Å². The molecule has 0 spiro atoms. The third kappa shape index (κ3) is 4.46. The van der Waals surface area contributed by atoms with E-state index in [0.717, 1.165) is 29.2 Å². The van der Waals surface area contributed by atoms with Crippen molar-refractivity contribution < 1.29 is 30.8 Å². The van der Waals surface area contributed by atoms with E-state index < -0.39 is 39.3 Å². The summed E-state index contributed by atoms with van der Waals surface area (Å²) < 4.78 is 81.6. The first-order chi connectivity index (χ1) is 15.6. The molecule has 1 aromatic heterocycles. The van der Waals surface area contributed by atoms with E-state index >= 15 is 0 Å². The number of rotatable bonds is 4. The maximum Gasteiger partial charge on any atom is 0.435 e. The number of hydrogen-bond donors (Lipinski definition) is 0. The summed E-state index contributed by atoms with van der Waals surface area (Å²) in [4.78, 5) is 14.1. The van der Waals surface area contributed by atoms with Gasteiger partial charge >= 0.3 is 6.18 Å². The van der Waals surface area contributed by atoms with Gasteiger partial charge in [-0.05, 0) is 36.4 Å². The van der Waals surface area contributed by atoms with Gasteiger partial charge in [-0.25, -0.2) is 17.5 Å². The zero-order valence-electron chi connectivity index (χ0n) is 16.9. The van der Waals surface area contributed by atoms with Crippen LogP contribution in [0, 0.1) is 5.82 Å². The molecule has 0 radical (unpaired) electrons. The van der Waals surface area contributed by atoms with Gasteiger partial charge in [0.15, 0.2) is 11.4 Å². The molecule has 0 aliphatic carbocycles. The number of piperazine rings is 1. The van der Waals surface area contributed by atoms with Crippen molar-refractivity contribution in [3.63, 3.8) is 0 Å². The normalized spacial score (nSPS) is 15.6. The second-order valence-corrected chi connectivity index (χ2v) is 9.12. The van der Waals surface area contributed by atoms with Crippen LogP contribution in [0.2, 0.25) is 0 Å². The molecule has 1 fully saturated rings. The van der Waals surface area contributed by atoms with E-state index in [2.05, 4.69) is 10.3 Å². The Labute approximate surface area is 186 Å². The zero-order chi connectivity index (χ0) is 23.8. The van der Waals surface area contributed by atoms with Gasteiger partial charge in [-0.1, -0.05) is 23.4 Å². The molecule has 0 saturated carbocycles. The van der Waals surface area contributed by atoms with Crippen molar-refractivity contribution in [1.29, 1.82) is 0 Å². The topological polar surface area (TPSA) is 88.4 Å². The molecule has 13 heteroatoms. The van der Waals surface area contributed by atoms with Gasteiger partial charge in [0.2, 0.25) is 10.0 Å². The molecule has 3 aromatic rings. The van der Waals surface area contributed by atoms with Crippen molar-refractivity contribution in [3.05, 3.63) is 71.8 Å². The molecule has 0 bridgehead atoms. The van der Waals surface area contributed by atoms with Crippen LogP contribution >= 0.6 is 0 Å². The van der Waals surface area contributed by atoms with Gasteiger partial charge in [-0.15, -0.1) is 5.10 Å². The van der Waals surface area contributed by atoms with E-state index in [4.69, 9.17) is 0 Å². The average molecular weight is 483 g/mol. The van der Waals surface area contributed by atoms with Gasteiger partial charge in [0, 0.05) is 26.2 Å². The van der Waals surface area contributed by atoms with E-state index in [-0.39, 0.29) is 36.8 Å². The summed E-state index contributed by atoms with van der Waals surface area (Å²) >= 11 is 0. The summed E-state index contributed by atoms with van der Waals surface area (Å²) in [5.41, 5.74) is -2.42. The fourth-order valence-corrected chi connectivity index (χ4v) is 4.91. The summed E-state index contributed by atoms with van der Waals surface area (Å²) in [6.45, 7) is -0.413. The first-order valence-electron chi connectivity index (χ1n) is 9.72. The van der Waals surface area contributed by atoms with E-state index in [1.807, 2.05) is 0 Å². The summed E-state index contributed by atoms with van der Waals surface area (Å²) in [7, 11) is -3.79. The molecule has 1 saturated heterocycles. The number of alkyl halides is 3. The Morgan fingerprint density at radius 2 is 1.52 bits per heavy atom. The third-order valence-corrected chi connectivity index (χ3v) is 7.03. The highest BCUT2D eigenvalue weighted by Crippen LogP contribution is 2.33. The lowest BCUT2D eigenvalue weighted by molar-refractivity contribution is -0.143. The first kappa shape index (κ1) is 22.9. The zero-order valence-corrected chi connectivity index (χ0v) is 17.7. The molecule has 0 unspecified atom stereocenters. The highest BCUT2D eigenvalue weighted by molar-refractivity contribution is 7.89. The predicted molar refractivity (Wildman–Crippen MR) is 107 cm³/mol. The van der Waals surface area contributed by atoms with Gasteiger partial charge in [-0.2, -0.15) is 17.5 Å². The van der Waals surface area contributed by atoms with Crippen molar-refractivity contribution in [3.8, 4) is 5.69 Å². The molecular formula is C20H17F4N5O3S. The van der Waals surface area contributed by atoms with Gasteiger partial charge in [-0.3, -0.25) is 4.79 Å². The number of amides is 1. The minimum absolute atomic E-state index is 0.0869. The van der Waals surface area contributed by atoms with Gasteiger partial charge in [0.25, 0.3) is 5.91 Å². The molecule has 33 heavy (non-hydrogen) atoms. The monoisotopic (exact) mass is 483 g/mol. The SMILES string of the molecule is O=C(c1nnn(-c2ccc(F)cc2)c1C(F)(F)F)N1CCN(S(=O)(=O)c2ccccc2)CC1. The first-order valence-corrected chi connectivity index (χ1v) is 11.2. The molecule has 174 valence electrons. The Bertz CT molecular complexity index is 1250. The maximum absolute atomic E-state index is 13.8. The molecule has 0 N–H and O–H groups in total. The Kier molecular flexibility index (Phi) is 5.93. The minimum atomic E-state index is -4.97. The molecular weight excluding hydrogens is 466 g/mol. The van der Waals surface area contributed by atoms with Crippen molar-refractivity contribution in [1.82, 2.24) is 24.2 Å². The van der Waals surface area contributed by atoms with Crippen LogP contribution in [-0.2, 0) is 16.2 Å². The van der Waals surface area contributed by atoms with Gasteiger partial charge in [0.1, 0.15) is 5.82 Å². The number of benzene rings is 2. The average Bonchev–Trinajstić information content (AvgIpc) is 3.26. The molecule has 1 aliphatic rings. The van der Waals surface area contributed by atoms with E-state index in [1.165, 1.54) is 16.4 Å². The number of sulfonamides is 1. The number of carbonyl (C=O) groups is 1. The molecule has 4 rings (SSSR count). The fraction of sp³-hybridized carbons (Fsp3) is 0.250. The van der Waals surface area contributed by atoms with Crippen LogP contribution in [0.4, 0.5) is 17.6 Å². The van der Waals surface area contributed by atoms with Crippen LogP contribution in [0.3, 0.4) is 0 Å². The van der Waals surface area contributed by atoms with Crippen LogP contribution in [0.25, 0.3) is 5.69 Å². The van der Waals surface area contributed by atoms with Crippen LogP contribution < -0.4 is 0 Å². The number of aromatic nitrogens is 3. The highest BCUT2D eigenvalue weighted by Gasteiger charge is 2.43. The number of nitrogens with zero attached hydrogens (tertiary/aromatic N) is 5.